The Kier molecular flexibility index (Phi) is 2.99. The third-order valence-corrected chi connectivity index (χ3v) is 3.28. The van der Waals surface area contributed by atoms with Crippen LogP contribution in [0, 0.1) is 5.82 Å². The SMILES string of the molecule is COc1cccc2c1nc(N)n2-c1ccc(Cl)cc1F. The van der Waals surface area contributed by atoms with Crippen molar-refractivity contribution in [2.24, 2.45) is 0 Å². The molecule has 0 aliphatic heterocycles. The molecule has 0 aliphatic rings. The molecule has 2 N–H and O–H groups in total. The summed E-state index contributed by atoms with van der Waals surface area (Å²) in [6.07, 6.45) is 0. The predicted molar refractivity (Wildman–Crippen MR) is 77.0 cm³/mol. The van der Waals surface area contributed by atoms with E-state index in [1.807, 2.05) is 0 Å². The molecule has 102 valence electrons. The summed E-state index contributed by atoms with van der Waals surface area (Å²) in [5, 5.41) is 0.326. The van der Waals surface area contributed by atoms with Crippen LogP contribution < -0.4 is 10.5 Å². The van der Waals surface area contributed by atoms with Crippen molar-refractivity contribution in [2.45, 2.75) is 0 Å². The van der Waals surface area contributed by atoms with E-state index in [4.69, 9.17) is 22.1 Å². The molecule has 0 bridgehead atoms. The van der Waals surface area contributed by atoms with Crippen LogP contribution in [0.2, 0.25) is 5.02 Å². The average Bonchev–Trinajstić information content (AvgIpc) is 2.75. The second kappa shape index (κ2) is 4.68. The lowest BCUT2D eigenvalue weighted by molar-refractivity contribution is 0.419. The summed E-state index contributed by atoms with van der Waals surface area (Å²) in [6, 6.07) is 9.78. The van der Waals surface area contributed by atoms with Gasteiger partial charge in [-0.3, -0.25) is 4.57 Å². The van der Waals surface area contributed by atoms with Gasteiger partial charge in [0.25, 0.3) is 0 Å². The van der Waals surface area contributed by atoms with Gasteiger partial charge in [-0.2, -0.15) is 0 Å². The Balaban J connectivity index is 2.34. The van der Waals surface area contributed by atoms with Gasteiger partial charge in [0, 0.05) is 5.02 Å². The Morgan fingerprint density at radius 3 is 2.80 bits per heavy atom. The Morgan fingerprint density at radius 1 is 1.30 bits per heavy atom. The van der Waals surface area contributed by atoms with Gasteiger partial charge in [0.05, 0.1) is 18.3 Å². The normalized spacial score (nSPS) is 10.9. The molecule has 0 spiro atoms. The van der Waals surface area contributed by atoms with Crippen molar-refractivity contribution in [3.8, 4) is 11.4 Å². The van der Waals surface area contributed by atoms with Crippen LogP contribution in [0.4, 0.5) is 10.3 Å². The zero-order valence-electron chi connectivity index (χ0n) is 10.6. The van der Waals surface area contributed by atoms with E-state index in [1.165, 1.54) is 10.6 Å². The highest BCUT2D eigenvalue weighted by Crippen LogP contribution is 2.30. The number of aromatic nitrogens is 2. The van der Waals surface area contributed by atoms with Crippen LogP contribution in [0.3, 0.4) is 0 Å². The number of methoxy groups -OCH3 is 1. The zero-order valence-corrected chi connectivity index (χ0v) is 11.4. The summed E-state index contributed by atoms with van der Waals surface area (Å²) in [5.41, 5.74) is 7.46. The largest absolute Gasteiger partial charge is 0.494 e. The highest BCUT2D eigenvalue weighted by atomic mass is 35.5. The van der Waals surface area contributed by atoms with Gasteiger partial charge in [-0.05, 0) is 30.3 Å². The van der Waals surface area contributed by atoms with Crippen molar-refractivity contribution in [1.29, 1.82) is 0 Å². The van der Waals surface area contributed by atoms with Gasteiger partial charge < -0.3 is 10.5 Å². The first-order valence-corrected chi connectivity index (χ1v) is 6.26. The maximum atomic E-state index is 14.1. The predicted octanol–water partition coefficient (Wildman–Crippen LogP) is 3.41. The van der Waals surface area contributed by atoms with Crippen LogP contribution in [0.1, 0.15) is 0 Å². The fourth-order valence-corrected chi connectivity index (χ4v) is 2.33. The van der Waals surface area contributed by atoms with Gasteiger partial charge in [-0.25, -0.2) is 9.37 Å². The summed E-state index contributed by atoms with van der Waals surface area (Å²) in [6.45, 7) is 0. The van der Waals surface area contributed by atoms with Crippen molar-refractivity contribution in [2.75, 3.05) is 12.8 Å². The first-order chi connectivity index (χ1) is 9.61. The van der Waals surface area contributed by atoms with E-state index < -0.39 is 5.82 Å². The topological polar surface area (TPSA) is 53.1 Å². The minimum absolute atomic E-state index is 0.186. The number of nitrogen functional groups attached to an aromatic ring is 1. The van der Waals surface area contributed by atoms with E-state index in [1.54, 1.807) is 37.4 Å². The summed E-state index contributed by atoms with van der Waals surface area (Å²) < 4.78 is 20.9. The van der Waals surface area contributed by atoms with Crippen molar-refractivity contribution in [3.05, 3.63) is 47.2 Å². The first-order valence-electron chi connectivity index (χ1n) is 5.88. The molecular weight excluding hydrogens is 281 g/mol. The lowest BCUT2D eigenvalue weighted by Gasteiger charge is -2.08. The maximum absolute atomic E-state index is 14.1. The van der Waals surface area contributed by atoms with Crippen LogP contribution in [0.25, 0.3) is 16.7 Å². The highest BCUT2D eigenvalue weighted by molar-refractivity contribution is 6.30. The number of benzene rings is 2. The van der Waals surface area contributed by atoms with Crippen molar-refractivity contribution < 1.29 is 9.13 Å². The molecule has 0 saturated heterocycles. The first kappa shape index (κ1) is 12.7. The van der Waals surface area contributed by atoms with Gasteiger partial charge in [0.15, 0.2) is 0 Å². The molecule has 0 radical (unpaired) electrons. The van der Waals surface area contributed by atoms with E-state index in [9.17, 15) is 4.39 Å². The lowest BCUT2D eigenvalue weighted by atomic mass is 10.2. The molecule has 20 heavy (non-hydrogen) atoms. The van der Waals surface area contributed by atoms with Gasteiger partial charge in [0.2, 0.25) is 5.95 Å². The molecule has 3 aromatic rings. The molecule has 6 heteroatoms. The number of nitrogens with zero attached hydrogens (tertiary/aromatic N) is 2. The molecule has 0 fully saturated rings. The van der Waals surface area contributed by atoms with Gasteiger partial charge in [-0.1, -0.05) is 17.7 Å². The van der Waals surface area contributed by atoms with E-state index >= 15 is 0 Å². The summed E-state index contributed by atoms with van der Waals surface area (Å²) in [4.78, 5) is 4.24. The lowest BCUT2D eigenvalue weighted by Crippen LogP contribution is -2.02. The molecule has 0 saturated carbocycles. The number of imidazole rings is 1. The quantitative estimate of drug-likeness (QED) is 0.787. The average molecular weight is 292 g/mol. The number of halogens is 2. The Labute approximate surface area is 119 Å². The smallest absolute Gasteiger partial charge is 0.206 e. The fourth-order valence-electron chi connectivity index (χ4n) is 2.17. The maximum Gasteiger partial charge on any atom is 0.206 e. The fraction of sp³-hybridized carbons (Fsp3) is 0.0714. The van der Waals surface area contributed by atoms with Crippen molar-refractivity contribution >= 4 is 28.6 Å². The van der Waals surface area contributed by atoms with Crippen LogP contribution in [-0.2, 0) is 0 Å². The van der Waals surface area contributed by atoms with E-state index in [2.05, 4.69) is 4.98 Å². The Bertz CT molecular complexity index is 800. The van der Waals surface area contributed by atoms with Crippen LogP contribution in [0.15, 0.2) is 36.4 Å². The molecule has 0 amide bonds. The minimum atomic E-state index is -0.466. The third kappa shape index (κ3) is 1.87. The molecule has 4 nitrogen and oxygen atoms in total. The molecule has 1 aromatic heterocycles. The number of hydrogen-bond donors (Lipinski definition) is 1. The monoisotopic (exact) mass is 291 g/mol. The number of hydrogen-bond acceptors (Lipinski definition) is 3. The van der Waals surface area contributed by atoms with Crippen LogP contribution in [-0.4, -0.2) is 16.7 Å². The summed E-state index contributed by atoms with van der Waals surface area (Å²) in [7, 11) is 1.55. The Morgan fingerprint density at radius 2 is 2.10 bits per heavy atom. The number of nitrogens with two attached hydrogens (primary N) is 1. The number of ether oxygens (including phenoxy) is 1. The number of para-hydroxylation sites is 1. The van der Waals surface area contributed by atoms with Crippen molar-refractivity contribution in [1.82, 2.24) is 9.55 Å². The summed E-state index contributed by atoms with van der Waals surface area (Å²) >= 11 is 5.77. The minimum Gasteiger partial charge on any atom is -0.494 e. The van der Waals surface area contributed by atoms with E-state index in [-0.39, 0.29) is 5.95 Å². The van der Waals surface area contributed by atoms with Crippen LogP contribution in [0.5, 0.6) is 5.75 Å². The molecule has 0 aliphatic carbocycles. The Hall–Kier alpha value is -2.27. The standard InChI is InChI=1S/C14H11ClFN3O/c1-20-12-4-2-3-11-13(12)18-14(17)19(11)10-6-5-8(15)7-9(10)16/h2-7H,1H3,(H2,17,18). The molecule has 1 heterocycles. The van der Waals surface area contributed by atoms with Crippen LogP contribution >= 0.6 is 11.6 Å². The molecule has 3 rings (SSSR count). The van der Waals surface area contributed by atoms with Gasteiger partial charge >= 0.3 is 0 Å². The molecule has 2 aromatic carbocycles. The molecular formula is C14H11ClFN3O. The third-order valence-electron chi connectivity index (χ3n) is 3.04. The van der Waals surface area contributed by atoms with Gasteiger partial charge in [0.1, 0.15) is 17.1 Å². The second-order valence-corrected chi connectivity index (χ2v) is 4.67. The summed E-state index contributed by atoms with van der Waals surface area (Å²) in [5.74, 6) is 0.305. The zero-order chi connectivity index (χ0) is 14.3. The molecule has 0 atom stereocenters. The second-order valence-electron chi connectivity index (χ2n) is 4.23. The number of rotatable bonds is 2. The van der Waals surface area contributed by atoms with E-state index in [0.717, 1.165) is 0 Å². The number of anilines is 1. The van der Waals surface area contributed by atoms with Crippen molar-refractivity contribution in [3.63, 3.8) is 0 Å². The van der Waals surface area contributed by atoms with Gasteiger partial charge in [-0.15, -0.1) is 0 Å². The van der Waals surface area contributed by atoms with E-state index in [0.29, 0.717) is 27.5 Å². The number of fused-ring (bicyclic) bond motifs is 1. The highest BCUT2D eigenvalue weighted by Gasteiger charge is 2.16. The molecule has 0 unspecified atom stereocenters.